The van der Waals surface area contributed by atoms with Crippen LogP contribution in [-0.2, 0) is 16.4 Å². The molecule has 0 saturated carbocycles. The minimum Gasteiger partial charge on any atom is -0.370 e. The summed E-state index contributed by atoms with van der Waals surface area (Å²) in [5.74, 6) is 1.06. The van der Waals surface area contributed by atoms with Crippen LogP contribution in [0.2, 0.25) is 0 Å². The molecule has 0 spiro atoms. The number of nitrogens with zero attached hydrogens (tertiary/aromatic N) is 2. The third-order valence-electron chi connectivity index (χ3n) is 2.68. The molecule has 0 aliphatic rings. The highest BCUT2D eigenvalue weighted by molar-refractivity contribution is 7.90. The first-order chi connectivity index (χ1) is 8.90. The van der Waals surface area contributed by atoms with E-state index in [1.807, 2.05) is 24.1 Å². The summed E-state index contributed by atoms with van der Waals surface area (Å²) in [5, 5.41) is 3.24. The van der Waals surface area contributed by atoms with Crippen LogP contribution in [0, 0.1) is 0 Å². The number of anilines is 1. The van der Waals surface area contributed by atoms with Gasteiger partial charge in [0.1, 0.15) is 15.7 Å². The first kappa shape index (κ1) is 15.9. The zero-order valence-corrected chi connectivity index (χ0v) is 12.7. The molecule has 0 saturated heterocycles. The quantitative estimate of drug-likeness (QED) is 0.782. The third-order valence-corrected chi connectivity index (χ3v) is 3.60. The Balaban J connectivity index is 2.51. The molecule has 1 heterocycles. The average molecular weight is 285 g/mol. The van der Waals surface area contributed by atoms with Crippen LogP contribution in [0.4, 0.5) is 5.82 Å². The second-order valence-corrected chi connectivity index (χ2v) is 7.10. The third kappa shape index (κ3) is 7.12. The van der Waals surface area contributed by atoms with E-state index in [0.29, 0.717) is 6.54 Å². The fourth-order valence-electron chi connectivity index (χ4n) is 1.63. The summed E-state index contributed by atoms with van der Waals surface area (Å²) in [7, 11) is -0.977. The molecular formula is C13H23N3O2S. The van der Waals surface area contributed by atoms with E-state index < -0.39 is 9.84 Å². The number of sulfone groups is 1. The molecule has 108 valence electrons. The van der Waals surface area contributed by atoms with Crippen molar-refractivity contribution in [1.82, 2.24) is 9.88 Å². The number of hydrogen-bond acceptors (Lipinski definition) is 5. The first-order valence-electron chi connectivity index (χ1n) is 6.46. The largest absolute Gasteiger partial charge is 0.370 e. The molecule has 5 nitrogen and oxygen atoms in total. The molecule has 1 N–H and O–H groups in total. The minimum absolute atomic E-state index is 0.190. The van der Waals surface area contributed by atoms with E-state index >= 15 is 0 Å². The van der Waals surface area contributed by atoms with Gasteiger partial charge in [-0.05, 0) is 31.2 Å². The molecule has 0 bridgehead atoms. The van der Waals surface area contributed by atoms with Crippen molar-refractivity contribution >= 4 is 15.7 Å². The maximum atomic E-state index is 11.1. The Labute approximate surface area is 116 Å². The smallest absolute Gasteiger partial charge is 0.148 e. The lowest BCUT2D eigenvalue weighted by molar-refractivity contribution is 0.346. The Morgan fingerprint density at radius 3 is 2.79 bits per heavy atom. The first-order valence-corrected chi connectivity index (χ1v) is 8.52. The highest BCUT2D eigenvalue weighted by atomic mass is 32.2. The number of nitrogens with one attached hydrogen (secondary N) is 1. The monoisotopic (exact) mass is 285 g/mol. The van der Waals surface area contributed by atoms with E-state index in [1.165, 1.54) is 6.26 Å². The highest BCUT2D eigenvalue weighted by Crippen LogP contribution is 2.09. The van der Waals surface area contributed by atoms with Crippen LogP contribution in [0.5, 0.6) is 0 Å². The van der Waals surface area contributed by atoms with E-state index in [0.717, 1.165) is 30.9 Å². The van der Waals surface area contributed by atoms with E-state index in [2.05, 4.69) is 17.2 Å². The lowest BCUT2D eigenvalue weighted by Gasteiger charge is -2.16. The number of rotatable bonds is 8. The molecule has 0 amide bonds. The molecule has 0 unspecified atom stereocenters. The zero-order valence-electron chi connectivity index (χ0n) is 11.9. The summed E-state index contributed by atoms with van der Waals surface area (Å²) in [4.78, 5) is 6.24. The van der Waals surface area contributed by atoms with E-state index in [4.69, 9.17) is 0 Å². The molecular weight excluding hydrogens is 262 g/mol. The Morgan fingerprint density at radius 2 is 2.16 bits per heavy atom. The minimum atomic E-state index is -2.90. The van der Waals surface area contributed by atoms with E-state index in [1.54, 1.807) is 6.20 Å². The molecule has 0 aliphatic heterocycles. The van der Waals surface area contributed by atoms with Gasteiger partial charge in [-0.2, -0.15) is 0 Å². The van der Waals surface area contributed by atoms with Gasteiger partial charge in [0.25, 0.3) is 0 Å². The summed E-state index contributed by atoms with van der Waals surface area (Å²) in [6, 6.07) is 3.96. The number of pyridine rings is 1. The molecule has 1 aromatic rings. The summed E-state index contributed by atoms with van der Waals surface area (Å²) in [6.07, 6.45) is 4.10. The van der Waals surface area contributed by atoms with E-state index in [-0.39, 0.29) is 5.75 Å². The molecule has 0 aliphatic carbocycles. The lowest BCUT2D eigenvalue weighted by atomic mass is 10.2. The van der Waals surface area contributed by atoms with Crippen LogP contribution >= 0.6 is 0 Å². The van der Waals surface area contributed by atoms with Crippen molar-refractivity contribution in [3.63, 3.8) is 0 Å². The lowest BCUT2D eigenvalue weighted by Crippen LogP contribution is -2.25. The summed E-state index contributed by atoms with van der Waals surface area (Å²) in [5.41, 5.74) is 1.13. The normalized spacial score (nSPS) is 11.8. The Bertz CT molecular complexity index is 488. The second kappa shape index (κ2) is 7.45. The van der Waals surface area contributed by atoms with Gasteiger partial charge in [0, 0.05) is 32.1 Å². The topological polar surface area (TPSA) is 62.3 Å². The summed E-state index contributed by atoms with van der Waals surface area (Å²) >= 11 is 0. The fraction of sp³-hybridized carbons (Fsp3) is 0.615. The molecule has 6 heteroatoms. The van der Waals surface area contributed by atoms with Gasteiger partial charge in [-0.1, -0.05) is 6.92 Å². The van der Waals surface area contributed by atoms with Crippen LogP contribution in [-0.4, -0.2) is 50.4 Å². The van der Waals surface area contributed by atoms with Crippen molar-refractivity contribution in [1.29, 1.82) is 0 Å². The van der Waals surface area contributed by atoms with Crippen LogP contribution in [0.15, 0.2) is 18.3 Å². The van der Waals surface area contributed by atoms with Gasteiger partial charge < -0.3 is 10.2 Å². The Morgan fingerprint density at radius 1 is 1.42 bits per heavy atom. The van der Waals surface area contributed by atoms with Crippen LogP contribution in [0.25, 0.3) is 0 Å². The van der Waals surface area contributed by atoms with Crippen molar-refractivity contribution in [2.24, 2.45) is 0 Å². The maximum Gasteiger partial charge on any atom is 0.148 e. The van der Waals surface area contributed by atoms with Crippen molar-refractivity contribution < 1.29 is 8.42 Å². The second-order valence-electron chi connectivity index (χ2n) is 4.84. The van der Waals surface area contributed by atoms with Gasteiger partial charge in [0.05, 0.1) is 5.75 Å². The van der Waals surface area contributed by atoms with Crippen molar-refractivity contribution in [3.05, 3.63) is 23.9 Å². The molecule has 0 atom stereocenters. The number of hydrogen-bond donors (Lipinski definition) is 1. The molecule has 0 fully saturated rings. The van der Waals surface area contributed by atoms with Crippen LogP contribution in [0.3, 0.4) is 0 Å². The Kier molecular flexibility index (Phi) is 6.24. The van der Waals surface area contributed by atoms with Gasteiger partial charge >= 0.3 is 0 Å². The van der Waals surface area contributed by atoms with Gasteiger partial charge in [0.15, 0.2) is 0 Å². The van der Waals surface area contributed by atoms with Gasteiger partial charge in [0.2, 0.25) is 0 Å². The summed E-state index contributed by atoms with van der Waals surface area (Å²) < 4.78 is 22.2. The molecule has 1 aromatic heterocycles. The van der Waals surface area contributed by atoms with Crippen LogP contribution < -0.4 is 5.32 Å². The molecule has 1 rings (SSSR count). The average Bonchev–Trinajstić information content (AvgIpc) is 2.33. The molecule has 0 aromatic carbocycles. The van der Waals surface area contributed by atoms with Gasteiger partial charge in [-0.25, -0.2) is 13.4 Å². The summed E-state index contributed by atoms with van der Waals surface area (Å²) in [6.45, 7) is 4.27. The highest BCUT2D eigenvalue weighted by Gasteiger charge is 2.06. The van der Waals surface area contributed by atoms with Gasteiger partial charge in [-0.15, -0.1) is 0 Å². The predicted molar refractivity (Wildman–Crippen MR) is 79.1 cm³/mol. The predicted octanol–water partition coefficient (Wildman–Crippen LogP) is 1.38. The molecule has 19 heavy (non-hydrogen) atoms. The van der Waals surface area contributed by atoms with Crippen molar-refractivity contribution in [3.8, 4) is 0 Å². The van der Waals surface area contributed by atoms with Crippen molar-refractivity contribution in [2.45, 2.75) is 19.9 Å². The number of aromatic nitrogens is 1. The fourth-order valence-corrected chi connectivity index (χ4v) is 2.28. The Hall–Kier alpha value is -1.14. The van der Waals surface area contributed by atoms with Crippen LogP contribution in [0.1, 0.15) is 18.9 Å². The molecule has 0 radical (unpaired) electrons. The zero-order chi connectivity index (χ0) is 14.3. The van der Waals surface area contributed by atoms with Gasteiger partial charge in [-0.3, -0.25) is 0 Å². The SMILES string of the molecule is CCCNc1cc(CN(C)CCS(C)(=O)=O)ccn1. The maximum absolute atomic E-state index is 11.1. The van der Waals surface area contributed by atoms with E-state index in [9.17, 15) is 8.42 Å². The van der Waals surface area contributed by atoms with Crippen molar-refractivity contribution in [2.75, 3.05) is 37.5 Å². The standard InChI is InChI=1S/C13H23N3O2S/c1-4-6-14-13-10-12(5-7-15-13)11-16(2)8-9-19(3,17)18/h5,7,10H,4,6,8-9,11H2,1-3H3,(H,14,15).